The van der Waals surface area contributed by atoms with E-state index in [9.17, 15) is 0 Å². The first-order valence-corrected chi connectivity index (χ1v) is 9.03. The summed E-state index contributed by atoms with van der Waals surface area (Å²) in [4.78, 5) is 1.45. The molecule has 0 bridgehead atoms. The van der Waals surface area contributed by atoms with E-state index in [1.165, 1.54) is 35.0 Å². The van der Waals surface area contributed by atoms with Crippen molar-refractivity contribution < 1.29 is 4.74 Å². The van der Waals surface area contributed by atoms with Gasteiger partial charge in [-0.3, -0.25) is 0 Å². The van der Waals surface area contributed by atoms with E-state index in [4.69, 9.17) is 4.74 Å². The number of nitrogens with one attached hydrogen (secondary N) is 1. The van der Waals surface area contributed by atoms with Gasteiger partial charge < -0.3 is 10.1 Å². The zero-order valence-electron chi connectivity index (χ0n) is 11.7. The van der Waals surface area contributed by atoms with Gasteiger partial charge in [-0.2, -0.15) is 0 Å². The molecule has 19 heavy (non-hydrogen) atoms. The van der Waals surface area contributed by atoms with Crippen LogP contribution in [-0.2, 0) is 11.2 Å². The Balaban J connectivity index is 1.86. The molecule has 108 valence electrons. The number of hydrogen-bond acceptors (Lipinski definition) is 3. The third kappa shape index (κ3) is 5.54. The van der Waals surface area contributed by atoms with Crippen LogP contribution in [0.25, 0.3) is 0 Å². The maximum Gasteiger partial charge on any atom is 0.0590 e. The topological polar surface area (TPSA) is 21.3 Å². The van der Waals surface area contributed by atoms with Crippen molar-refractivity contribution in [3.63, 3.8) is 0 Å². The predicted octanol–water partition coefficient (Wildman–Crippen LogP) is 4.38. The van der Waals surface area contributed by atoms with E-state index in [2.05, 4.69) is 39.6 Å². The van der Waals surface area contributed by atoms with Gasteiger partial charge in [0.05, 0.1) is 6.10 Å². The van der Waals surface area contributed by atoms with Crippen LogP contribution < -0.4 is 5.32 Å². The third-order valence-corrected chi connectivity index (χ3v) is 5.29. The summed E-state index contributed by atoms with van der Waals surface area (Å²) in [5.41, 5.74) is 0. The normalized spacial score (nSPS) is 21.5. The highest BCUT2D eigenvalue weighted by Gasteiger charge is 2.20. The first-order valence-electron chi connectivity index (χ1n) is 7.36. The monoisotopic (exact) mass is 345 g/mol. The zero-order valence-corrected chi connectivity index (χ0v) is 14.1. The molecule has 1 N–H and O–H groups in total. The van der Waals surface area contributed by atoms with Crippen molar-refractivity contribution in [1.82, 2.24) is 5.32 Å². The Morgan fingerprint density at radius 3 is 3.05 bits per heavy atom. The summed E-state index contributed by atoms with van der Waals surface area (Å²) in [6.07, 6.45) is 7.73. The van der Waals surface area contributed by atoms with Crippen LogP contribution in [0.3, 0.4) is 0 Å². The molecule has 1 fully saturated rings. The van der Waals surface area contributed by atoms with Gasteiger partial charge in [-0.05, 0) is 67.1 Å². The highest BCUT2D eigenvalue weighted by atomic mass is 79.9. The fraction of sp³-hybridized carbons (Fsp3) is 0.733. The second-order valence-electron chi connectivity index (χ2n) is 5.31. The van der Waals surface area contributed by atoms with Gasteiger partial charge in [0.15, 0.2) is 0 Å². The molecule has 1 aliphatic heterocycles. The molecule has 1 aromatic heterocycles. The lowest BCUT2D eigenvalue weighted by Crippen LogP contribution is -2.36. The summed E-state index contributed by atoms with van der Waals surface area (Å²) in [5, 5.41) is 5.86. The van der Waals surface area contributed by atoms with Crippen LogP contribution in [0.15, 0.2) is 15.9 Å². The van der Waals surface area contributed by atoms with Crippen molar-refractivity contribution in [1.29, 1.82) is 0 Å². The SMILES string of the molecule is CCCNC(Cc1cc(Br)cs1)CC1CCCCO1. The molecule has 2 rings (SSSR count). The quantitative estimate of drug-likeness (QED) is 0.791. The fourth-order valence-corrected chi connectivity index (χ4v) is 4.13. The number of ether oxygens (including phenoxy) is 1. The molecule has 1 aliphatic rings. The summed E-state index contributed by atoms with van der Waals surface area (Å²) in [6, 6.07) is 2.79. The molecular weight excluding hydrogens is 322 g/mol. The standard InChI is InChI=1S/C15H24BrNOS/c1-2-6-17-13(9-14-5-3-4-7-18-14)10-15-8-12(16)11-19-15/h8,11,13-14,17H,2-7,9-10H2,1H3. The lowest BCUT2D eigenvalue weighted by atomic mass is 9.99. The minimum atomic E-state index is 0.464. The van der Waals surface area contributed by atoms with Gasteiger partial charge in [-0.15, -0.1) is 11.3 Å². The van der Waals surface area contributed by atoms with Crippen LogP contribution in [0.5, 0.6) is 0 Å². The van der Waals surface area contributed by atoms with E-state index in [1.807, 2.05) is 11.3 Å². The zero-order chi connectivity index (χ0) is 13.5. The smallest absolute Gasteiger partial charge is 0.0590 e. The van der Waals surface area contributed by atoms with Gasteiger partial charge in [-0.1, -0.05) is 6.92 Å². The highest BCUT2D eigenvalue weighted by Crippen LogP contribution is 2.23. The maximum atomic E-state index is 5.89. The van der Waals surface area contributed by atoms with E-state index in [-0.39, 0.29) is 0 Å². The first kappa shape index (κ1) is 15.5. The number of rotatable bonds is 7. The Hall–Kier alpha value is 0.1000. The lowest BCUT2D eigenvalue weighted by Gasteiger charge is -2.27. The molecule has 2 unspecified atom stereocenters. The second kappa shape index (κ2) is 8.40. The van der Waals surface area contributed by atoms with Crippen LogP contribution in [-0.4, -0.2) is 25.3 Å². The number of hydrogen-bond donors (Lipinski definition) is 1. The molecule has 2 heterocycles. The summed E-state index contributed by atoms with van der Waals surface area (Å²) >= 11 is 5.38. The van der Waals surface area contributed by atoms with Crippen LogP contribution in [0.2, 0.25) is 0 Å². The van der Waals surface area contributed by atoms with Crippen LogP contribution in [0, 0.1) is 0 Å². The molecular formula is C15H24BrNOS. The molecule has 0 radical (unpaired) electrons. The van der Waals surface area contributed by atoms with Crippen molar-refractivity contribution in [3.05, 3.63) is 20.8 Å². The molecule has 0 spiro atoms. The predicted molar refractivity (Wildman–Crippen MR) is 86.0 cm³/mol. The van der Waals surface area contributed by atoms with Gasteiger partial charge in [0.1, 0.15) is 0 Å². The minimum absolute atomic E-state index is 0.464. The second-order valence-corrected chi connectivity index (χ2v) is 7.22. The summed E-state index contributed by atoms with van der Waals surface area (Å²) in [7, 11) is 0. The van der Waals surface area contributed by atoms with Crippen molar-refractivity contribution in [2.24, 2.45) is 0 Å². The Kier molecular flexibility index (Phi) is 6.85. The minimum Gasteiger partial charge on any atom is -0.378 e. The summed E-state index contributed by atoms with van der Waals surface area (Å²) in [5.74, 6) is 0. The van der Waals surface area contributed by atoms with E-state index in [0.717, 1.165) is 26.0 Å². The van der Waals surface area contributed by atoms with Gasteiger partial charge in [-0.25, -0.2) is 0 Å². The molecule has 0 aliphatic carbocycles. The molecule has 4 heteroatoms. The molecule has 0 saturated carbocycles. The van der Waals surface area contributed by atoms with Gasteiger partial charge in [0.25, 0.3) is 0 Å². The van der Waals surface area contributed by atoms with E-state index < -0.39 is 0 Å². The molecule has 1 saturated heterocycles. The molecule has 1 aromatic rings. The highest BCUT2D eigenvalue weighted by molar-refractivity contribution is 9.10. The molecule has 0 aromatic carbocycles. The lowest BCUT2D eigenvalue weighted by molar-refractivity contribution is 0.00531. The summed E-state index contributed by atoms with van der Waals surface area (Å²) in [6.45, 7) is 4.28. The maximum absolute atomic E-state index is 5.89. The van der Waals surface area contributed by atoms with Crippen LogP contribution in [0.4, 0.5) is 0 Å². The van der Waals surface area contributed by atoms with Gasteiger partial charge >= 0.3 is 0 Å². The fourth-order valence-electron chi connectivity index (χ4n) is 2.60. The summed E-state index contributed by atoms with van der Waals surface area (Å²) < 4.78 is 7.09. The Morgan fingerprint density at radius 1 is 1.53 bits per heavy atom. The van der Waals surface area contributed by atoms with Crippen molar-refractivity contribution in [2.75, 3.05) is 13.2 Å². The van der Waals surface area contributed by atoms with Crippen LogP contribution >= 0.6 is 27.3 Å². The van der Waals surface area contributed by atoms with E-state index >= 15 is 0 Å². The van der Waals surface area contributed by atoms with E-state index in [0.29, 0.717) is 12.1 Å². The van der Waals surface area contributed by atoms with Crippen LogP contribution in [0.1, 0.15) is 43.9 Å². The molecule has 2 atom stereocenters. The van der Waals surface area contributed by atoms with E-state index in [1.54, 1.807) is 0 Å². The van der Waals surface area contributed by atoms with Gasteiger partial charge in [0.2, 0.25) is 0 Å². The Labute approximate surface area is 129 Å². The first-order chi connectivity index (χ1) is 9.28. The van der Waals surface area contributed by atoms with Crippen molar-refractivity contribution >= 4 is 27.3 Å². The average Bonchev–Trinajstić information content (AvgIpc) is 2.82. The van der Waals surface area contributed by atoms with Crippen molar-refractivity contribution in [3.8, 4) is 0 Å². The number of thiophene rings is 1. The third-order valence-electron chi connectivity index (χ3n) is 3.57. The molecule has 2 nitrogen and oxygen atoms in total. The number of halogens is 1. The largest absolute Gasteiger partial charge is 0.378 e. The molecule has 0 amide bonds. The Bertz CT molecular complexity index is 363. The average molecular weight is 346 g/mol. The Morgan fingerprint density at radius 2 is 2.42 bits per heavy atom. The van der Waals surface area contributed by atoms with Gasteiger partial charge in [0, 0.05) is 27.4 Å². The van der Waals surface area contributed by atoms with Crippen molar-refractivity contribution in [2.45, 2.75) is 57.6 Å².